The molecule has 2 N–H and O–H groups in total. The monoisotopic (exact) mass is 414 g/mol. The van der Waals surface area contributed by atoms with Gasteiger partial charge in [0.2, 0.25) is 0 Å². The van der Waals surface area contributed by atoms with Crippen LogP contribution in [0.15, 0.2) is 23.8 Å². The number of carbonyl (C=O) groups excluding carboxylic acids is 1. The van der Waals surface area contributed by atoms with Gasteiger partial charge in [-0.05, 0) is 85.0 Å². The Kier molecular flexibility index (Phi) is 5.53. The summed E-state index contributed by atoms with van der Waals surface area (Å²) in [6.07, 6.45) is 11.6. The van der Waals surface area contributed by atoms with Crippen LogP contribution in [-0.2, 0) is 9.59 Å². The van der Waals surface area contributed by atoms with E-state index < -0.39 is 5.97 Å². The molecule has 0 aliphatic heterocycles. The van der Waals surface area contributed by atoms with Crippen molar-refractivity contribution >= 4 is 11.8 Å². The Morgan fingerprint density at radius 1 is 1.23 bits per heavy atom. The molecule has 0 aromatic rings. The lowest BCUT2D eigenvalue weighted by Crippen LogP contribution is -2.58. The lowest BCUT2D eigenvalue weighted by molar-refractivity contribution is -0.135. The van der Waals surface area contributed by atoms with Crippen molar-refractivity contribution in [2.24, 2.45) is 46.3 Å². The lowest BCUT2D eigenvalue weighted by Gasteiger charge is -2.61. The predicted octanol–water partition coefficient (Wildman–Crippen LogP) is 5.02. The van der Waals surface area contributed by atoms with E-state index in [0.29, 0.717) is 24.2 Å². The third kappa shape index (κ3) is 3.13. The number of carboxylic acids is 1. The molecular formula is C26H38O4. The predicted molar refractivity (Wildman–Crippen MR) is 117 cm³/mol. The van der Waals surface area contributed by atoms with E-state index in [9.17, 15) is 14.7 Å². The number of hydrogen-bond acceptors (Lipinski definition) is 3. The Labute approximate surface area is 180 Å². The molecule has 0 amide bonds. The first kappa shape index (κ1) is 21.8. The summed E-state index contributed by atoms with van der Waals surface area (Å²) in [6.45, 7) is 9.07. The maximum atomic E-state index is 12.2. The number of hydrogen-bond donors (Lipinski definition) is 2. The number of rotatable bonds is 4. The molecule has 0 aromatic carbocycles. The van der Waals surface area contributed by atoms with Crippen LogP contribution >= 0.6 is 0 Å². The van der Waals surface area contributed by atoms with Crippen LogP contribution in [0.3, 0.4) is 0 Å². The molecule has 9 atom stereocenters. The van der Waals surface area contributed by atoms with Gasteiger partial charge in [0.25, 0.3) is 0 Å². The minimum absolute atomic E-state index is 0.0345. The van der Waals surface area contributed by atoms with Gasteiger partial charge >= 0.3 is 5.97 Å². The molecule has 166 valence electrons. The van der Waals surface area contributed by atoms with E-state index in [1.54, 1.807) is 0 Å². The maximum absolute atomic E-state index is 12.2. The highest BCUT2D eigenvalue weighted by molar-refractivity contribution is 5.91. The van der Waals surface area contributed by atoms with Crippen LogP contribution in [-0.4, -0.2) is 28.1 Å². The molecule has 0 bridgehead atoms. The number of fused-ring (bicyclic) bond motifs is 5. The Morgan fingerprint density at radius 2 is 1.97 bits per heavy atom. The second-order valence-corrected chi connectivity index (χ2v) is 11.1. The number of aliphatic hydroxyl groups excluding tert-OH is 1. The molecule has 4 nitrogen and oxygen atoms in total. The van der Waals surface area contributed by atoms with Gasteiger partial charge in [0.1, 0.15) is 0 Å². The fourth-order valence-electron chi connectivity index (χ4n) is 8.47. The highest BCUT2D eigenvalue weighted by atomic mass is 16.4. The van der Waals surface area contributed by atoms with Crippen molar-refractivity contribution in [1.82, 2.24) is 0 Å². The molecule has 4 aliphatic carbocycles. The molecule has 4 rings (SSSR count). The van der Waals surface area contributed by atoms with Crippen LogP contribution in [0, 0.1) is 46.3 Å². The summed E-state index contributed by atoms with van der Waals surface area (Å²) in [5, 5.41) is 20.7. The fraction of sp³-hybridized carbons (Fsp3) is 0.769. The van der Waals surface area contributed by atoms with Crippen LogP contribution in [0.1, 0.15) is 72.6 Å². The molecule has 3 saturated carbocycles. The zero-order chi connectivity index (χ0) is 21.8. The quantitative estimate of drug-likeness (QED) is 0.634. The number of aliphatic carboxylic acids is 1. The first-order valence-electron chi connectivity index (χ1n) is 12.0. The molecule has 0 heterocycles. The van der Waals surface area contributed by atoms with E-state index in [4.69, 9.17) is 5.11 Å². The van der Waals surface area contributed by atoms with Crippen LogP contribution < -0.4 is 0 Å². The van der Waals surface area contributed by atoms with Gasteiger partial charge in [0.15, 0.2) is 5.78 Å². The standard InChI is InChI=1S/C26H38O4/c1-5-17-21-14-16(27)10-12-26(21,4)20-11-13-25(3)18(15(2)6-9-22(28)29)7-8-19(25)23(20)24(17)30/h6,9,14-15,17-20,23-24,30H,5,7-8,10-13H2,1-4H3,(H,28,29)/b9-6+/t15?,17-,18+,19-,20-,23-,24+,25+,26+/m0/s1. The number of ketones is 1. The lowest BCUT2D eigenvalue weighted by atomic mass is 9.43. The molecule has 0 spiro atoms. The van der Waals surface area contributed by atoms with Crippen molar-refractivity contribution in [3.8, 4) is 0 Å². The minimum atomic E-state index is -0.877. The van der Waals surface area contributed by atoms with Crippen molar-refractivity contribution in [2.75, 3.05) is 0 Å². The van der Waals surface area contributed by atoms with Gasteiger partial charge in [0, 0.05) is 18.4 Å². The molecule has 0 saturated heterocycles. The van der Waals surface area contributed by atoms with Crippen molar-refractivity contribution < 1.29 is 19.8 Å². The summed E-state index contributed by atoms with van der Waals surface area (Å²) in [6, 6.07) is 0. The summed E-state index contributed by atoms with van der Waals surface area (Å²) in [4.78, 5) is 23.3. The average Bonchev–Trinajstić information content (AvgIpc) is 3.05. The van der Waals surface area contributed by atoms with Crippen LogP contribution in [0.5, 0.6) is 0 Å². The second-order valence-electron chi connectivity index (χ2n) is 11.1. The van der Waals surface area contributed by atoms with Gasteiger partial charge in [-0.1, -0.05) is 39.3 Å². The normalized spacial score (nSPS) is 46.7. The van der Waals surface area contributed by atoms with E-state index in [1.165, 1.54) is 11.6 Å². The van der Waals surface area contributed by atoms with Gasteiger partial charge in [-0.15, -0.1) is 0 Å². The summed E-state index contributed by atoms with van der Waals surface area (Å²) >= 11 is 0. The number of carboxylic acid groups (broad SMARTS) is 1. The van der Waals surface area contributed by atoms with E-state index in [0.717, 1.165) is 38.5 Å². The number of allylic oxidation sites excluding steroid dienone is 1. The van der Waals surface area contributed by atoms with Gasteiger partial charge < -0.3 is 10.2 Å². The van der Waals surface area contributed by atoms with Gasteiger partial charge in [0.05, 0.1) is 6.10 Å². The smallest absolute Gasteiger partial charge is 0.327 e. The number of aliphatic hydroxyl groups is 1. The molecule has 3 fully saturated rings. The minimum Gasteiger partial charge on any atom is -0.478 e. The third-order valence-corrected chi connectivity index (χ3v) is 9.91. The highest BCUT2D eigenvalue weighted by Crippen LogP contribution is 2.68. The molecule has 0 aromatic heterocycles. The fourth-order valence-corrected chi connectivity index (χ4v) is 8.47. The third-order valence-electron chi connectivity index (χ3n) is 9.91. The van der Waals surface area contributed by atoms with E-state index in [-0.39, 0.29) is 40.5 Å². The van der Waals surface area contributed by atoms with E-state index >= 15 is 0 Å². The molecule has 4 heteroatoms. The van der Waals surface area contributed by atoms with Gasteiger partial charge in [-0.25, -0.2) is 4.79 Å². The van der Waals surface area contributed by atoms with Crippen molar-refractivity contribution in [3.63, 3.8) is 0 Å². The summed E-state index contributed by atoms with van der Waals surface area (Å²) in [7, 11) is 0. The maximum Gasteiger partial charge on any atom is 0.327 e. The first-order valence-corrected chi connectivity index (χ1v) is 12.0. The summed E-state index contributed by atoms with van der Waals surface area (Å²) in [5.41, 5.74) is 1.41. The van der Waals surface area contributed by atoms with Gasteiger partial charge in [-0.2, -0.15) is 0 Å². The van der Waals surface area contributed by atoms with Gasteiger partial charge in [-0.3, -0.25) is 4.79 Å². The van der Waals surface area contributed by atoms with E-state index in [1.807, 2.05) is 12.2 Å². The highest BCUT2D eigenvalue weighted by Gasteiger charge is 2.63. The first-order chi connectivity index (χ1) is 14.1. The second kappa shape index (κ2) is 7.62. The Bertz CT molecular complexity index is 782. The Hall–Kier alpha value is -1.42. The topological polar surface area (TPSA) is 74.6 Å². The molecule has 1 unspecified atom stereocenters. The van der Waals surface area contributed by atoms with Crippen LogP contribution in [0.25, 0.3) is 0 Å². The molecular weight excluding hydrogens is 376 g/mol. The Balaban J connectivity index is 1.68. The van der Waals surface area contributed by atoms with E-state index in [2.05, 4.69) is 27.7 Å². The van der Waals surface area contributed by atoms with Crippen LogP contribution in [0.4, 0.5) is 0 Å². The van der Waals surface area contributed by atoms with Crippen molar-refractivity contribution in [1.29, 1.82) is 0 Å². The molecule has 4 aliphatic rings. The SMILES string of the molecule is CC[C@H]1C2=CC(=O)CC[C@]2(C)[C@H]2CC[C@]3(C)[C@@H](C(C)/C=C/C(=O)O)CC[C@H]3[C@@H]2[C@@H]1O. The average molecular weight is 415 g/mol. The van der Waals surface area contributed by atoms with Crippen molar-refractivity contribution in [2.45, 2.75) is 78.7 Å². The Morgan fingerprint density at radius 3 is 2.63 bits per heavy atom. The largest absolute Gasteiger partial charge is 0.478 e. The van der Waals surface area contributed by atoms with Crippen LogP contribution in [0.2, 0.25) is 0 Å². The van der Waals surface area contributed by atoms with Crippen molar-refractivity contribution in [3.05, 3.63) is 23.8 Å². The summed E-state index contributed by atoms with van der Waals surface area (Å²) in [5.74, 6) is 1.33. The summed E-state index contributed by atoms with van der Waals surface area (Å²) < 4.78 is 0. The zero-order valence-electron chi connectivity index (χ0n) is 18.9. The number of carbonyl (C=O) groups is 2. The zero-order valence-corrected chi connectivity index (χ0v) is 18.9. The molecule has 30 heavy (non-hydrogen) atoms. The molecule has 0 radical (unpaired) electrons.